The maximum atomic E-state index is 11.4. The molecule has 0 atom stereocenters. The fourth-order valence-corrected chi connectivity index (χ4v) is 1.52. The predicted octanol–water partition coefficient (Wildman–Crippen LogP) is 0.777. The first-order valence-corrected chi connectivity index (χ1v) is 4.84. The van der Waals surface area contributed by atoms with Crippen molar-refractivity contribution in [3.8, 4) is 17.9 Å². The van der Waals surface area contributed by atoms with Gasteiger partial charge in [0.05, 0.1) is 6.61 Å². The maximum absolute atomic E-state index is 11.4. The molecule has 15 heavy (non-hydrogen) atoms. The molecule has 2 N–H and O–H groups in total. The lowest BCUT2D eigenvalue weighted by Crippen LogP contribution is -2.06. The number of rotatable bonds is 2. The van der Waals surface area contributed by atoms with Crippen LogP contribution in [0, 0.1) is 23.2 Å². The molecule has 0 aliphatic carbocycles. The minimum Gasteiger partial charge on any atom is -0.461 e. The van der Waals surface area contributed by atoms with Crippen LogP contribution in [0.3, 0.4) is 0 Å². The number of nitriles is 1. The summed E-state index contributed by atoms with van der Waals surface area (Å²) in [5, 5.41) is 8.50. The van der Waals surface area contributed by atoms with Gasteiger partial charge in [-0.3, -0.25) is 0 Å². The largest absolute Gasteiger partial charge is 0.461 e. The van der Waals surface area contributed by atoms with E-state index < -0.39 is 5.97 Å². The Kier molecular flexibility index (Phi) is 3.67. The van der Waals surface area contributed by atoms with Crippen LogP contribution in [0.1, 0.15) is 22.3 Å². The minimum absolute atomic E-state index is 0.0714. The smallest absolute Gasteiger partial charge is 0.359 e. The van der Waals surface area contributed by atoms with Gasteiger partial charge in [-0.2, -0.15) is 5.26 Å². The van der Waals surface area contributed by atoms with Crippen molar-refractivity contribution < 1.29 is 9.53 Å². The highest BCUT2D eigenvalue weighted by Gasteiger charge is 2.16. The number of hydrogen-bond donors (Lipinski definition) is 1. The second kappa shape index (κ2) is 4.99. The summed E-state index contributed by atoms with van der Waals surface area (Å²) in [7, 11) is 0. The highest BCUT2D eigenvalue weighted by Crippen LogP contribution is 2.19. The average molecular weight is 221 g/mol. The van der Waals surface area contributed by atoms with Crippen LogP contribution in [0.2, 0.25) is 0 Å². The van der Waals surface area contributed by atoms with E-state index in [0.717, 1.165) is 11.3 Å². The third kappa shape index (κ3) is 2.70. The summed E-state index contributed by atoms with van der Waals surface area (Å²) < 4.78 is 4.76. The van der Waals surface area contributed by atoms with Crippen LogP contribution in [0.25, 0.3) is 0 Å². The van der Waals surface area contributed by atoms with Gasteiger partial charge in [0.25, 0.3) is 0 Å². The first-order chi connectivity index (χ1) is 7.19. The van der Waals surface area contributed by atoms with E-state index in [9.17, 15) is 4.79 Å². The monoisotopic (exact) mass is 221 g/mol. The summed E-state index contributed by atoms with van der Waals surface area (Å²) in [5.41, 5.74) is 5.51. The first kappa shape index (κ1) is 11.0. The first-order valence-electron chi connectivity index (χ1n) is 4.02. The molecule has 0 saturated carbocycles. The van der Waals surface area contributed by atoms with E-state index in [1.807, 2.05) is 0 Å². The van der Waals surface area contributed by atoms with E-state index in [0.29, 0.717) is 4.88 Å². The number of nitrogens with two attached hydrogens (primary N) is 1. The minimum atomic E-state index is -0.576. The van der Waals surface area contributed by atoms with E-state index >= 15 is 0 Å². The Hall–Kier alpha value is -2.05. The number of aromatic nitrogens is 1. The van der Waals surface area contributed by atoms with Crippen LogP contribution in [0.4, 0.5) is 5.13 Å². The van der Waals surface area contributed by atoms with Gasteiger partial charge in [-0.1, -0.05) is 11.3 Å². The molecule has 1 aromatic rings. The quantitative estimate of drug-likeness (QED) is 0.588. The lowest BCUT2D eigenvalue weighted by atomic mass is 10.3. The third-order valence-corrected chi connectivity index (χ3v) is 2.14. The van der Waals surface area contributed by atoms with Crippen molar-refractivity contribution in [2.75, 3.05) is 12.3 Å². The summed E-state index contributed by atoms with van der Waals surface area (Å²) in [5.74, 6) is 4.09. The van der Waals surface area contributed by atoms with E-state index in [4.69, 9.17) is 15.7 Å². The van der Waals surface area contributed by atoms with Crippen LogP contribution in [0.5, 0.6) is 0 Å². The predicted molar refractivity (Wildman–Crippen MR) is 55.0 cm³/mol. The SMILES string of the molecule is CCOC(=O)c1nc(N)sc1C#CC#N. The molecular weight excluding hydrogens is 214 g/mol. The molecule has 0 fully saturated rings. The highest BCUT2D eigenvalue weighted by molar-refractivity contribution is 7.16. The van der Waals surface area contributed by atoms with E-state index in [1.54, 1.807) is 13.0 Å². The molecule has 0 aliphatic heterocycles. The number of carbonyl (C=O) groups is 1. The fraction of sp³-hybridized carbons (Fsp3) is 0.222. The van der Waals surface area contributed by atoms with Gasteiger partial charge in [0, 0.05) is 5.92 Å². The molecule has 76 valence electrons. The van der Waals surface area contributed by atoms with Gasteiger partial charge in [-0.05, 0) is 12.8 Å². The summed E-state index contributed by atoms with van der Waals surface area (Å²) >= 11 is 1.05. The molecule has 0 aromatic carbocycles. The molecule has 1 rings (SSSR count). The standard InChI is InChI=1S/C9H7N3O2S/c1-2-14-8(13)7-6(4-3-5-10)15-9(11)12-7/h2H2,1H3,(H2,11,12). The Morgan fingerprint density at radius 1 is 1.73 bits per heavy atom. The van der Waals surface area contributed by atoms with Crippen molar-refractivity contribution in [1.82, 2.24) is 4.98 Å². The van der Waals surface area contributed by atoms with E-state index in [1.165, 1.54) is 0 Å². The molecule has 0 aliphatic rings. The number of hydrogen-bond acceptors (Lipinski definition) is 6. The van der Waals surface area contributed by atoms with Crippen molar-refractivity contribution in [3.63, 3.8) is 0 Å². The Morgan fingerprint density at radius 2 is 2.47 bits per heavy atom. The Morgan fingerprint density at radius 3 is 3.07 bits per heavy atom. The van der Waals surface area contributed by atoms with Crippen LogP contribution in [-0.4, -0.2) is 17.6 Å². The highest BCUT2D eigenvalue weighted by atomic mass is 32.1. The molecule has 0 spiro atoms. The fourth-order valence-electron chi connectivity index (χ4n) is 0.844. The van der Waals surface area contributed by atoms with Crippen molar-refractivity contribution in [3.05, 3.63) is 10.6 Å². The molecule has 0 unspecified atom stereocenters. The lowest BCUT2D eigenvalue weighted by molar-refractivity contribution is 0.0520. The molecule has 0 amide bonds. The van der Waals surface area contributed by atoms with Gasteiger partial charge in [-0.15, -0.1) is 0 Å². The number of thiazole rings is 1. The zero-order valence-electron chi connectivity index (χ0n) is 7.90. The van der Waals surface area contributed by atoms with Crippen molar-refractivity contribution in [2.45, 2.75) is 6.92 Å². The number of esters is 1. The van der Waals surface area contributed by atoms with Crippen LogP contribution in [0.15, 0.2) is 0 Å². The number of ether oxygens (including phenoxy) is 1. The van der Waals surface area contributed by atoms with Gasteiger partial charge in [0.1, 0.15) is 4.88 Å². The third-order valence-electron chi connectivity index (χ3n) is 1.34. The molecule has 6 heteroatoms. The van der Waals surface area contributed by atoms with Crippen molar-refractivity contribution in [2.24, 2.45) is 0 Å². The molecule has 1 heterocycles. The van der Waals surface area contributed by atoms with Gasteiger partial charge in [0.2, 0.25) is 0 Å². The summed E-state index contributed by atoms with van der Waals surface area (Å²) in [6, 6.07) is 1.65. The number of nitrogens with zero attached hydrogens (tertiary/aromatic N) is 2. The van der Waals surface area contributed by atoms with Gasteiger partial charge in [0.15, 0.2) is 16.9 Å². The average Bonchev–Trinajstić information content (AvgIpc) is 2.57. The van der Waals surface area contributed by atoms with E-state index in [-0.39, 0.29) is 17.4 Å². The molecule has 0 bridgehead atoms. The number of nitrogen functional groups attached to an aromatic ring is 1. The summed E-state index contributed by atoms with van der Waals surface area (Å²) in [4.78, 5) is 15.5. The van der Waals surface area contributed by atoms with Crippen LogP contribution in [-0.2, 0) is 4.74 Å². The van der Waals surface area contributed by atoms with Gasteiger partial charge < -0.3 is 10.5 Å². The zero-order valence-corrected chi connectivity index (χ0v) is 8.72. The Labute approximate surface area is 90.5 Å². The zero-order chi connectivity index (χ0) is 11.3. The molecule has 5 nitrogen and oxygen atoms in total. The van der Waals surface area contributed by atoms with Crippen LogP contribution < -0.4 is 5.73 Å². The van der Waals surface area contributed by atoms with E-state index in [2.05, 4.69) is 16.8 Å². The normalized spacial score (nSPS) is 8.53. The maximum Gasteiger partial charge on any atom is 0.359 e. The van der Waals surface area contributed by atoms with Crippen molar-refractivity contribution in [1.29, 1.82) is 5.26 Å². The van der Waals surface area contributed by atoms with Crippen LogP contribution >= 0.6 is 11.3 Å². The molecule has 0 radical (unpaired) electrons. The summed E-state index contributed by atoms with van der Waals surface area (Å²) in [6.45, 7) is 1.94. The topological polar surface area (TPSA) is 89.0 Å². The molecule has 0 saturated heterocycles. The second-order valence-corrected chi connectivity index (χ2v) is 3.34. The summed E-state index contributed by atoms with van der Waals surface area (Å²) in [6.07, 6.45) is 0. The Balaban J connectivity index is 3.07. The van der Waals surface area contributed by atoms with Gasteiger partial charge in [-0.25, -0.2) is 9.78 Å². The Bertz CT molecular complexity index is 476. The van der Waals surface area contributed by atoms with Gasteiger partial charge >= 0.3 is 5.97 Å². The molecular formula is C9H7N3O2S. The lowest BCUT2D eigenvalue weighted by Gasteiger charge is -1.97. The number of carbonyl (C=O) groups excluding carboxylic acids is 1. The second-order valence-electron chi connectivity index (χ2n) is 2.31. The van der Waals surface area contributed by atoms with Crippen molar-refractivity contribution >= 4 is 22.4 Å². The molecule has 1 aromatic heterocycles. The number of anilines is 1.